The number of aliphatic hydroxyl groups excluding tert-OH is 1. The molecule has 2 aromatic carbocycles. The monoisotopic (exact) mass is 299 g/mol. The highest BCUT2D eigenvalue weighted by Gasteiger charge is 2.12. The van der Waals surface area contributed by atoms with Crippen molar-refractivity contribution < 1.29 is 14.6 Å². The fraction of sp³-hybridized carbons (Fsp3) is 0.278. The first kappa shape index (κ1) is 16.2. The first-order chi connectivity index (χ1) is 10.8. The maximum Gasteiger partial charge on any atom is 0.222 e. The highest BCUT2D eigenvalue weighted by atomic mass is 16.5. The van der Waals surface area contributed by atoms with E-state index in [4.69, 9.17) is 4.74 Å². The Hall–Kier alpha value is -2.17. The van der Waals surface area contributed by atoms with Crippen LogP contribution in [-0.2, 0) is 16.1 Å². The summed E-state index contributed by atoms with van der Waals surface area (Å²) in [6.45, 7) is 0.727. The number of hydrogen-bond acceptors (Lipinski definition) is 3. The Balaban J connectivity index is 1.71. The number of aliphatic hydroxyl groups is 1. The number of carbonyl (C=O) groups is 1. The van der Waals surface area contributed by atoms with Crippen molar-refractivity contribution in [2.24, 2.45) is 0 Å². The molecule has 1 amide bonds. The number of nitrogens with one attached hydrogen (secondary N) is 1. The lowest BCUT2D eigenvalue weighted by molar-refractivity contribution is -0.123. The predicted molar refractivity (Wildman–Crippen MR) is 85.1 cm³/mol. The van der Waals surface area contributed by atoms with Gasteiger partial charge >= 0.3 is 0 Å². The van der Waals surface area contributed by atoms with Gasteiger partial charge in [-0.3, -0.25) is 4.79 Å². The van der Waals surface area contributed by atoms with Crippen LogP contribution in [0.2, 0.25) is 0 Å². The molecule has 1 unspecified atom stereocenters. The third-order valence-corrected chi connectivity index (χ3v) is 3.30. The lowest BCUT2D eigenvalue weighted by atomic mass is 10.1. The summed E-state index contributed by atoms with van der Waals surface area (Å²) in [7, 11) is 0. The molecule has 0 aliphatic heterocycles. The molecule has 4 heteroatoms. The summed E-state index contributed by atoms with van der Waals surface area (Å²) in [6.07, 6.45) is 0.274. The molecule has 0 saturated heterocycles. The molecular formula is C18H21NO3. The van der Waals surface area contributed by atoms with Gasteiger partial charge in [0.2, 0.25) is 5.91 Å². The van der Waals surface area contributed by atoms with Crippen LogP contribution in [0.1, 0.15) is 23.6 Å². The fourth-order valence-electron chi connectivity index (χ4n) is 2.12. The lowest BCUT2D eigenvalue weighted by Crippen LogP contribution is -2.31. The van der Waals surface area contributed by atoms with Crippen molar-refractivity contribution >= 4 is 5.91 Å². The normalized spacial score (nSPS) is 11.9. The van der Waals surface area contributed by atoms with Crippen molar-refractivity contribution in [2.45, 2.75) is 19.1 Å². The second-order valence-electron chi connectivity index (χ2n) is 5.00. The summed E-state index contributed by atoms with van der Waals surface area (Å²) in [5.74, 6) is -0.129. The SMILES string of the molecule is O=C(CCOCc1ccccc1)NC(CO)c1ccccc1. The molecular weight excluding hydrogens is 278 g/mol. The molecule has 0 aliphatic carbocycles. The molecule has 0 fully saturated rings. The minimum absolute atomic E-state index is 0.124. The third kappa shape index (κ3) is 5.31. The lowest BCUT2D eigenvalue weighted by Gasteiger charge is -2.16. The van der Waals surface area contributed by atoms with Gasteiger partial charge in [0, 0.05) is 6.42 Å². The molecule has 2 aromatic rings. The Morgan fingerprint density at radius 2 is 1.68 bits per heavy atom. The number of hydrogen-bond donors (Lipinski definition) is 2. The van der Waals surface area contributed by atoms with E-state index in [1.807, 2.05) is 60.7 Å². The quantitative estimate of drug-likeness (QED) is 0.736. The van der Waals surface area contributed by atoms with Crippen LogP contribution < -0.4 is 5.32 Å². The molecule has 2 rings (SSSR count). The van der Waals surface area contributed by atoms with Gasteiger partial charge in [-0.15, -0.1) is 0 Å². The first-order valence-corrected chi connectivity index (χ1v) is 7.36. The molecule has 0 bridgehead atoms. The van der Waals surface area contributed by atoms with Gasteiger partial charge in [0.1, 0.15) is 0 Å². The third-order valence-electron chi connectivity index (χ3n) is 3.30. The molecule has 22 heavy (non-hydrogen) atoms. The number of carbonyl (C=O) groups excluding carboxylic acids is 1. The number of benzene rings is 2. The predicted octanol–water partition coefficient (Wildman–Crippen LogP) is 2.44. The van der Waals surface area contributed by atoms with E-state index < -0.39 is 0 Å². The standard InChI is InChI=1S/C18H21NO3/c20-13-17(16-9-5-2-6-10-16)19-18(21)11-12-22-14-15-7-3-1-4-8-15/h1-10,17,20H,11-14H2,(H,19,21). The largest absolute Gasteiger partial charge is 0.394 e. The molecule has 4 nitrogen and oxygen atoms in total. The van der Waals surface area contributed by atoms with Gasteiger partial charge in [-0.2, -0.15) is 0 Å². The van der Waals surface area contributed by atoms with E-state index in [9.17, 15) is 9.90 Å². The van der Waals surface area contributed by atoms with Crippen LogP contribution in [0, 0.1) is 0 Å². The molecule has 0 aromatic heterocycles. The average molecular weight is 299 g/mol. The minimum Gasteiger partial charge on any atom is -0.394 e. The van der Waals surface area contributed by atoms with Gasteiger partial charge in [-0.1, -0.05) is 60.7 Å². The van der Waals surface area contributed by atoms with Crippen molar-refractivity contribution in [3.8, 4) is 0 Å². The topological polar surface area (TPSA) is 58.6 Å². The van der Waals surface area contributed by atoms with Crippen molar-refractivity contribution in [2.75, 3.05) is 13.2 Å². The Morgan fingerprint density at radius 1 is 1.05 bits per heavy atom. The van der Waals surface area contributed by atoms with Gasteiger partial charge in [-0.25, -0.2) is 0 Å². The van der Waals surface area contributed by atoms with Crippen LogP contribution in [0.25, 0.3) is 0 Å². The zero-order valence-electron chi connectivity index (χ0n) is 12.4. The van der Waals surface area contributed by atoms with Gasteiger partial charge < -0.3 is 15.2 Å². The van der Waals surface area contributed by atoms with Gasteiger partial charge in [0.05, 0.1) is 25.9 Å². The second kappa shape index (κ2) is 8.97. The van der Waals surface area contributed by atoms with E-state index in [1.54, 1.807) is 0 Å². The molecule has 0 heterocycles. The summed E-state index contributed by atoms with van der Waals surface area (Å²) in [4.78, 5) is 11.9. The number of ether oxygens (including phenoxy) is 1. The van der Waals surface area contributed by atoms with Crippen molar-refractivity contribution in [1.82, 2.24) is 5.32 Å². The van der Waals surface area contributed by atoms with E-state index in [-0.39, 0.29) is 25.0 Å². The van der Waals surface area contributed by atoms with Crippen LogP contribution in [0.5, 0.6) is 0 Å². The molecule has 0 spiro atoms. The zero-order chi connectivity index (χ0) is 15.6. The van der Waals surface area contributed by atoms with E-state index >= 15 is 0 Å². The molecule has 116 valence electrons. The highest BCUT2D eigenvalue weighted by molar-refractivity contribution is 5.76. The van der Waals surface area contributed by atoms with Crippen molar-refractivity contribution in [1.29, 1.82) is 0 Å². The number of rotatable bonds is 8. The van der Waals surface area contributed by atoms with E-state index in [1.165, 1.54) is 0 Å². The van der Waals surface area contributed by atoms with E-state index in [2.05, 4.69) is 5.32 Å². The molecule has 0 aliphatic rings. The molecule has 0 radical (unpaired) electrons. The summed E-state index contributed by atoms with van der Waals surface area (Å²) in [6, 6.07) is 18.9. The maximum absolute atomic E-state index is 11.9. The van der Waals surface area contributed by atoms with E-state index in [0.29, 0.717) is 13.2 Å². The Morgan fingerprint density at radius 3 is 2.32 bits per heavy atom. The highest BCUT2D eigenvalue weighted by Crippen LogP contribution is 2.11. The van der Waals surface area contributed by atoms with Crippen molar-refractivity contribution in [3.63, 3.8) is 0 Å². The van der Waals surface area contributed by atoms with Crippen LogP contribution in [0.3, 0.4) is 0 Å². The van der Waals surface area contributed by atoms with Gasteiger partial charge in [0.15, 0.2) is 0 Å². The summed E-state index contributed by atoms with van der Waals surface area (Å²) in [5, 5.41) is 12.2. The molecule has 1 atom stereocenters. The van der Waals surface area contributed by atoms with Crippen LogP contribution >= 0.6 is 0 Å². The van der Waals surface area contributed by atoms with Crippen LogP contribution in [-0.4, -0.2) is 24.2 Å². The zero-order valence-corrected chi connectivity index (χ0v) is 12.4. The summed E-state index contributed by atoms with van der Waals surface area (Å²) >= 11 is 0. The van der Waals surface area contributed by atoms with Crippen LogP contribution in [0.15, 0.2) is 60.7 Å². The summed E-state index contributed by atoms with van der Waals surface area (Å²) < 4.78 is 5.49. The minimum atomic E-state index is -0.372. The van der Waals surface area contributed by atoms with Gasteiger partial charge in [0.25, 0.3) is 0 Å². The summed E-state index contributed by atoms with van der Waals surface area (Å²) in [5.41, 5.74) is 1.98. The maximum atomic E-state index is 11.9. The van der Waals surface area contributed by atoms with E-state index in [0.717, 1.165) is 11.1 Å². The molecule has 2 N–H and O–H groups in total. The first-order valence-electron chi connectivity index (χ1n) is 7.36. The van der Waals surface area contributed by atoms with Crippen molar-refractivity contribution in [3.05, 3.63) is 71.8 Å². The van der Waals surface area contributed by atoms with Gasteiger partial charge in [-0.05, 0) is 11.1 Å². The fourth-order valence-corrected chi connectivity index (χ4v) is 2.12. The molecule has 0 saturated carbocycles. The second-order valence-corrected chi connectivity index (χ2v) is 5.00. The Kier molecular flexibility index (Phi) is 6.61. The number of amides is 1. The van der Waals surface area contributed by atoms with Crippen LogP contribution in [0.4, 0.5) is 0 Å². The Bertz CT molecular complexity index is 557. The Labute approximate surface area is 130 Å². The average Bonchev–Trinajstić information content (AvgIpc) is 2.58. The smallest absolute Gasteiger partial charge is 0.222 e.